The van der Waals surface area contributed by atoms with Crippen LogP contribution < -0.4 is 5.32 Å². The minimum Gasteiger partial charge on any atom is -0.319 e. The standard InChI is InChI=1S/C23H21N5O/c1-16-8-2-4-11-19(16)28-20-13-6-9-17(20)22(26-28)23(29)25-18-10-3-5-12-21(18)27-15-7-14-24-27/h2-5,7-8,10-12,14-15H,6,9,13H2,1H3,(H,25,29). The van der Waals surface area contributed by atoms with Crippen molar-refractivity contribution in [3.05, 3.63) is 89.5 Å². The molecular weight excluding hydrogens is 362 g/mol. The van der Waals surface area contributed by atoms with Crippen LogP contribution in [-0.4, -0.2) is 25.5 Å². The number of hydrogen-bond acceptors (Lipinski definition) is 3. The number of nitrogens with zero attached hydrogens (tertiary/aromatic N) is 4. The van der Waals surface area contributed by atoms with Gasteiger partial charge in [0.2, 0.25) is 0 Å². The second kappa shape index (κ2) is 7.05. The monoisotopic (exact) mass is 383 g/mol. The zero-order chi connectivity index (χ0) is 19.8. The van der Waals surface area contributed by atoms with Gasteiger partial charge in [-0.3, -0.25) is 4.79 Å². The lowest BCUT2D eigenvalue weighted by molar-refractivity contribution is 0.102. The van der Waals surface area contributed by atoms with Crippen LogP contribution in [-0.2, 0) is 12.8 Å². The van der Waals surface area contributed by atoms with Gasteiger partial charge >= 0.3 is 0 Å². The van der Waals surface area contributed by atoms with Gasteiger partial charge in [-0.15, -0.1) is 0 Å². The van der Waals surface area contributed by atoms with Crippen LogP contribution in [0.25, 0.3) is 11.4 Å². The maximum absolute atomic E-state index is 13.2. The Bertz CT molecular complexity index is 1190. The normalized spacial score (nSPS) is 12.7. The summed E-state index contributed by atoms with van der Waals surface area (Å²) in [6, 6.07) is 17.6. The largest absolute Gasteiger partial charge is 0.319 e. The van der Waals surface area contributed by atoms with E-state index in [9.17, 15) is 4.79 Å². The number of fused-ring (bicyclic) bond motifs is 1. The summed E-state index contributed by atoms with van der Waals surface area (Å²) in [5, 5.41) is 12.1. The second-order valence-corrected chi connectivity index (χ2v) is 7.25. The first-order chi connectivity index (χ1) is 14.2. The summed E-state index contributed by atoms with van der Waals surface area (Å²) in [5.74, 6) is -0.185. The van der Waals surface area contributed by atoms with Crippen molar-refractivity contribution in [3.63, 3.8) is 0 Å². The maximum Gasteiger partial charge on any atom is 0.276 e. The Kier molecular flexibility index (Phi) is 4.24. The molecule has 2 aromatic carbocycles. The molecule has 0 fully saturated rings. The molecule has 0 atom stereocenters. The highest BCUT2D eigenvalue weighted by molar-refractivity contribution is 6.05. The lowest BCUT2D eigenvalue weighted by atomic mass is 10.1. The molecule has 4 aromatic rings. The third-order valence-electron chi connectivity index (χ3n) is 5.39. The van der Waals surface area contributed by atoms with Gasteiger partial charge in [-0.25, -0.2) is 9.36 Å². The van der Waals surface area contributed by atoms with Gasteiger partial charge in [0, 0.05) is 23.7 Å². The number of rotatable bonds is 4. The van der Waals surface area contributed by atoms with E-state index in [2.05, 4.69) is 29.5 Å². The number of carbonyl (C=O) groups excluding carboxylic acids is 1. The molecule has 2 heterocycles. The van der Waals surface area contributed by atoms with E-state index >= 15 is 0 Å². The molecule has 0 aliphatic heterocycles. The number of anilines is 1. The van der Waals surface area contributed by atoms with Gasteiger partial charge in [-0.1, -0.05) is 30.3 Å². The summed E-state index contributed by atoms with van der Waals surface area (Å²) in [5.41, 5.74) is 6.41. The number of hydrogen-bond donors (Lipinski definition) is 1. The van der Waals surface area contributed by atoms with Crippen molar-refractivity contribution in [2.24, 2.45) is 0 Å². The minimum absolute atomic E-state index is 0.185. The van der Waals surface area contributed by atoms with E-state index < -0.39 is 0 Å². The molecule has 1 amide bonds. The van der Waals surface area contributed by atoms with Crippen molar-refractivity contribution < 1.29 is 4.79 Å². The van der Waals surface area contributed by atoms with Gasteiger partial charge in [0.05, 0.1) is 17.1 Å². The Morgan fingerprint density at radius 1 is 1.00 bits per heavy atom. The summed E-state index contributed by atoms with van der Waals surface area (Å²) in [4.78, 5) is 13.2. The molecule has 2 aromatic heterocycles. The summed E-state index contributed by atoms with van der Waals surface area (Å²) < 4.78 is 3.69. The number of amides is 1. The van der Waals surface area contributed by atoms with Crippen molar-refractivity contribution in [1.82, 2.24) is 19.6 Å². The van der Waals surface area contributed by atoms with Crippen molar-refractivity contribution >= 4 is 11.6 Å². The van der Waals surface area contributed by atoms with Gasteiger partial charge < -0.3 is 5.32 Å². The van der Waals surface area contributed by atoms with Crippen LogP contribution in [0, 0.1) is 6.92 Å². The number of carbonyl (C=O) groups is 1. The van der Waals surface area contributed by atoms with E-state index in [1.54, 1.807) is 10.9 Å². The molecule has 0 unspecified atom stereocenters. The summed E-state index contributed by atoms with van der Waals surface area (Å²) in [6.07, 6.45) is 6.44. The molecule has 0 saturated heterocycles. The van der Waals surface area contributed by atoms with E-state index in [0.717, 1.165) is 47.5 Å². The van der Waals surface area contributed by atoms with E-state index in [1.165, 1.54) is 0 Å². The first kappa shape index (κ1) is 17.4. The van der Waals surface area contributed by atoms with Crippen LogP contribution in [0.2, 0.25) is 0 Å². The fourth-order valence-electron chi connectivity index (χ4n) is 3.99. The van der Waals surface area contributed by atoms with Gasteiger partial charge in [0.1, 0.15) is 0 Å². The van der Waals surface area contributed by atoms with E-state index in [0.29, 0.717) is 11.4 Å². The lowest BCUT2D eigenvalue weighted by Gasteiger charge is -2.11. The van der Waals surface area contributed by atoms with Crippen LogP contribution >= 0.6 is 0 Å². The Balaban J connectivity index is 1.53. The van der Waals surface area contributed by atoms with Crippen molar-refractivity contribution in [2.75, 3.05) is 5.32 Å². The van der Waals surface area contributed by atoms with Gasteiger partial charge in [-0.05, 0) is 56.0 Å². The smallest absolute Gasteiger partial charge is 0.276 e. The highest BCUT2D eigenvalue weighted by atomic mass is 16.2. The topological polar surface area (TPSA) is 64.7 Å². The molecule has 0 spiro atoms. The molecule has 5 rings (SSSR count). The first-order valence-corrected chi connectivity index (χ1v) is 9.79. The molecule has 6 nitrogen and oxygen atoms in total. The average molecular weight is 383 g/mol. The second-order valence-electron chi connectivity index (χ2n) is 7.25. The van der Waals surface area contributed by atoms with Gasteiger partial charge in [-0.2, -0.15) is 10.2 Å². The summed E-state index contributed by atoms with van der Waals surface area (Å²) >= 11 is 0. The van der Waals surface area contributed by atoms with Gasteiger partial charge in [0.25, 0.3) is 5.91 Å². The molecule has 1 N–H and O–H groups in total. The van der Waals surface area contributed by atoms with Crippen LogP contribution in [0.4, 0.5) is 5.69 Å². The quantitative estimate of drug-likeness (QED) is 0.577. The third kappa shape index (κ3) is 3.02. The van der Waals surface area contributed by atoms with Crippen LogP contribution in [0.3, 0.4) is 0 Å². The predicted molar refractivity (Wildman–Crippen MR) is 112 cm³/mol. The van der Waals surface area contributed by atoms with Crippen LogP contribution in [0.1, 0.15) is 33.7 Å². The minimum atomic E-state index is -0.185. The molecule has 1 aliphatic rings. The zero-order valence-corrected chi connectivity index (χ0v) is 16.2. The fraction of sp³-hybridized carbons (Fsp3) is 0.174. The molecule has 0 saturated carbocycles. The zero-order valence-electron chi connectivity index (χ0n) is 16.2. The molecular formula is C23H21N5O. The third-order valence-corrected chi connectivity index (χ3v) is 5.39. The predicted octanol–water partition coefficient (Wildman–Crippen LogP) is 4.11. The van der Waals surface area contributed by atoms with Crippen molar-refractivity contribution in [3.8, 4) is 11.4 Å². The summed E-state index contributed by atoms with van der Waals surface area (Å²) in [7, 11) is 0. The SMILES string of the molecule is Cc1ccccc1-n1nc(C(=O)Nc2ccccc2-n2cccn2)c2c1CCC2. The van der Waals surface area contributed by atoms with E-state index in [-0.39, 0.29) is 5.91 Å². The highest BCUT2D eigenvalue weighted by Crippen LogP contribution is 2.30. The number of aromatic nitrogens is 4. The molecule has 1 aliphatic carbocycles. The molecule has 6 heteroatoms. The van der Waals surface area contributed by atoms with Gasteiger partial charge in [0.15, 0.2) is 5.69 Å². The Morgan fingerprint density at radius 3 is 2.59 bits per heavy atom. The fourth-order valence-corrected chi connectivity index (χ4v) is 3.99. The Hall–Kier alpha value is -3.67. The lowest BCUT2D eigenvalue weighted by Crippen LogP contribution is -2.16. The van der Waals surface area contributed by atoms with E-state index in [1.807, 2.05) is 53.3 Å². The average Bonchev–Trinajstić information content (AvgIpc) is 3.47. The molecule has 0 radical (unpaired) electrons. The highest BCUT2D eigenvalue weighted by Gasteiger charge is 2.27. The molecule has 144 valence electrons. The van der Waals surface area contributed by atoms with Crippen molar-refractivity contribution in [1.29, 1.82) is 0 Å². The van der Waals surface area contributed by atoms with Crippen molar-refractivity contribution in [2.45, 2.75) is 26.2 Å². The molecule has 0 bridgehead atoms. The van der Waals surface area contributed by atoms with Crippen LogP contribution in [0.15, 0.2) is 67.0 Å². The number of nitrogens with one attached hydrogen (secondary N) is 1. The maximum atomic E-state index is 13.2. The molecule has 29 heavy (non-hydrogen) atoms. The van der Waals surface area contributed by atoms with Crippen LogP contribution in [0.5, 0.6) is 0 Å². The number of para-hydroxylation sites is 3. The Labute approximate surface area is 168 Å². The summed E-state index contributed by atoms with van der Waals surface area (Å²) in [6.45, 7) is 2.07. The first-order valence-electron chi connectivity index (χ1n) is 9.79. The number of benzene rings is 2. The number of aryl methyl sites for hydroxylation is 1. The Morgan fingerprint density at radius 2 is 1.79 bits per heavy atom. The van der Waals surface area contributed by atoms with E-state index in [4.69, 9.17) is 5.10 Å².